The molecule has 0 fully saturated rings. The average Bonchev–Trinajstić information content (AvgIpc) is 2.92. The van der Waals surface area contributed by atoms with E-state index >= 15 is 0 Å². The molecule has 6 heteroatoms. The molecule has 0 saturated carbocycles. The summed E-state index contributed by atoms with van der Waals surface area (Å²) in [5.41, 5.74) is 4.57. The number of fused-ring (bicyclic) bond motifs is 1. The molecule has 2 aromatic heterocycles. The maximum Gasteiger partial charge on any atom is 0.111 e. The second-order valence-electron chi connectivity index (χ2n) is 6.51. The van der Waals surface area contributed by atoms with Gasteiger partial charge in [-0.2, -0.15) is 5.10 Å². The molecule has 0 atom stereocenters. The second kappa shape index (κ2) is 5.70. The number of hydrogen-bond acceptors (Lipinski definition) is 3. The zero-order valence-electron chi connectivity index (χ0n) is 14.0. The van der Waals surface area contributed by atoms with Crippen LogP contribution in [-0.2, 0) is 33.6 Å². The van der Waals surface area contributed by atoms with E-state index in [1.54, 1.807) is 0 Å². The molecular weight excluding hydrogens is 298 g/mol. The highest BCUT2D eigenvalue weighted by Gasteiger charge is 2.25. The molecule has 5 nitrogen and oxygen atoms in total. The lowest BCUT2D eigenvalue weighted by molar-refractivity contribution is 0.237. The summed E-state index contributed by atoms with van der Waals surface area (Å²) in [5.74, 6) is 1.63. The van der Waals surface area contributed by atoms with Gasteiger partial charge in [-0.05, 0) is 6.92 Å². The summed E-state index contributed by atoms with van der Waals surface area (Å²) in [6.45, 7) is 9.08. The van der Waals surface area contributed by atoms with E-state index < -0.39 is 0 Å². The van der Waals surface area contributed by atoms with Crippen LogP contribution in [0.5, 0.6) is 0 Å². The van der Waals surface area contributed by atoms with Gasteiger partial charge in [-0.1, -0.05) is 25.4 Å². The number of imidazole rings is 1. The Morgan fingerprint density at radius 3 is 2.59 bits per heavy atom. The highest BCUT2D eigenvalue weighted by Crippen LogP contribution is 2.26. The number of aromatic nitrogens is 4. The summed E-state index contributed by atoms with van der Waals surface area (Å²) in [6, 6.07) is 0. The molecule has 1 aliphatic heterocycles. The molecule has 0 aliphatic carbocycles. The maximum absolute atomic E-state index is 6.37. The number of aryl methyl sites for hydroxylation is 1. The first-order valence-corrected chi connectivity index (χ1v) is 8.21. The van der Waals surface area contributed by atoms with Gasteiger partial charge >= 0.3 is 0 Å². The van der Waals surface area contributed by atoms with Gasteiger partial charge in [0, 0.05) is 51.8 Å². The lowest BCUT2D eigenvalue weighted by Crippen LogP contribution is -2.31. The molecule has 0 unspecified atom stereocenters. The van der Waals surface area contributed by atoms with Gasteiger partial charge in [-0.25, -0.2) is 4.98 Å². The van der Waals surface area contributed by atoms with Crippen molar-refractivity contribution in [2.24, 2.45) is 14.1 Å². The molecule has 2 aromatic rings. The molecule has 0 saturated heterocycles. The molecule has 0 radical (unpaired) electrons. The monoisotopic (exact) mass is 321 g/mol. The van der Waals surface area contributed by atoms with Crippen molar-refractivity contribution in [2.45, 2.75) is 46.2 Å². The first-order chi connectivity index (χ1) is 10.4. The second-order valence-corrected chi connectivity index (χ2v) is 6.89. The van der Waals surface area contributed by atoms with E-state index in [0.29, 0.717) is 5.92 Å². The SMILES string of the molecule is Cc1c(Cl)c(CN2CCc3c(nc(C(C)C)n3C)C2)nn1C. The summed E-state index contributed by atoms with van der Waals surface area (Å²) < 4.78 is 4.12. The van der Waals surface area contributed by atoms with Crippen LogP contribution in [0.4, 0.5) is 0 Å². The third-order valence-corrected chi connectivity index (χ3v) is 5.08. The molecule has 22 heavy (non-hydrogen) atoms. The Kier molecular flexibility index (Phi) is 4.03. The van der Waals surface area contributed by atoms with E-state index in [4.69, 9.17) is 16.6 Å². The Bertz CT molecular complexity index is 698. The Morgan fingerprint density at radius 2 is 2.00 bits per heavy atom. The fourth-order valence-corrected chi connectivity index (χ4v) is 3.44. The predicted molar refractivity (Wildman–Crippen MR) is 88.1 cm³/mol. The van der Waals surface area contributed by atoms with Gasteiger partial charge < -0.3 is 4.57 Å². The molecule has 1 aliphatic rings. The summed E-state index contributed by atoms with van der Waals surface area (Å²) in [6.07, 6.45) is 1.04. The Hall–Kier alpha value is -1.33. The van der Waals surface area contributed by atoms with E-state index in [0.717, 1.165) is 42.5 Å². The van der Waals surface area contributed by atoms with Crippen molar-refractivity contribution in [2.75, 3.05) is 6.54 Å². The highest BCUT2D eigenvalue weighted by molar-refractivity contribution is 6.31. The van der Waals surface area contributed by atoms with Crippen LogP contribution in [0.1, 0.15) is 48.4 Å². The van der Waals surface area contributed by atoms with Crippen molar-refractivity contribution >= 4 is 11.6 Å². The van der Waals surface area contributed by atoms with E-state index in [9.17, 15) is 0 Å². The van der Waals surface area contributed by atoms with E-state index in [-0.39, 0.29) is 0 Å². The minimum absolute atomic E-state index is 0.455. The normalized spacial score (nSPS) is 15.6. The van der Waals surface area contributed by atoms with Gasteiger partial charge in [0.15, 0.2) is 0 Å². The van der Waals surface area contributed by atoms with Crippen molar-refractivity contribution in [1.82, 2.24) is 24.2 Å². The van der Waals surface area contributed by atoms with Crippen LogP contribution < -0.4 is 0 Å². The Morgan fingerprint density at radius 1 is 1.27 bits per heavy atom. The van der Waals surface area contributed by atoms with Crippen LogP contribution in [0, 0.1) is 6.92 Å². The zero-order valence-corrected chi connectivity index (χ0v) is 14.8. The molecule has 0 aromatic carbocycles. The largest absolute Gasteiger partial charge is 0.335 e. The molecule has 0 spiro atoms. The Labute approximate surface area is 136 Å². The zero-order chi connectivity index (χ0) is 16.0. The smallest absolute Gasteiger partial charge is 0.111 e. The first-order valence-electron chi connectivity index (χ1n) is 7.83. The molecule has 0 amide bonds. The van der Waals surface area contributed by atoms with Gasteiger partial charge in [-0.3, -0.25) is 9.58 Å². The fraction of sp³-hybridized carbons (Fsp3) is 0.625. The standard InChI is InChI=1S/C16H24ClN5/c1-10(2)16-18-12-8-22(7-6-14(12)20(16)4)9-13-15(17)11(3)21(5)19-13/h10H,6-9H2,1-5H3. The van der Waals surface area contributed by atoms with E-state index in [1.807, 2.05) is 18.7 Å². The van der Waals surface area contributed by atoms with Crippen molar-refractivity contribution in [1.29, 1.82) is 0 Å². The van der Waals surface area contributed by atoms with Crippen LogP contribution in [0.2, 0.25) is 5.02 Å². The van der Waals surface area contributed by atoms with E-state index in [1.165, 1.54) is 17.2 Å². The van der Waals surface area contributed by atoms with Gasteiger partial charge in [-0.15, -0.1) is 0 Å². The quantitative estimate of drug-likeness (QED) is 0.872. The maximum atomic E-state index is 6.37. The number of halogens is 1. The van der Waals surface area contributed by atoms with Crippen molar-refractivity contribution in [3.63, 3.8) is 0 Å². The molecule has 0 bridgehead atoms. The molecular formula is C16H24ClN5. The highest BCUT2D eigenvalue weighted by atomic mass is 35.5. The Balaban J connectivity index is 1.80. The number of rotatable bonds is 3. The van der Waals surface area contributed by atoms with Crippen LogP contribution in [0.3, 0.4) is 0 Å². The van der Waals surface area contributed by atoms with Gasteiger partial charge in [0.25, 0.3) is 0 Å². The molecule has 3 rings (SSSR count). The average molecular weight is 322 g/mol. The van der Waals surface area contributed by atoms with E-state index in [2.05, 4.69) is 35.5 Å². The minimum atomic E-state index is 0.455. The fourth-order valence-electron chi connectivity index (χ4n) is 3.22. The minimum Gasteiger partial charge on any atom is -0.335 e. The van der Waals surface area contributed by atoms with Crippen molar-refractivity contribution in [3.8, 4) is 0 Å². The summed E-state index contributed by atoms with van der Waals surface area (Å²) >= 11 is 6.37. The lowest BCUT2D eigenvalue weighted by atomic mass is 10.1. The molecule has 0 N–H and O–H groups in total. The van der Waals surface area contributed by atoms with Crippen LogP contribution in [-0.4, -0.2) is 30.8 Å². The summed E-state index contributed by atoms with van der Waals surface area (Å²) in [4.78, 5) is 7.23. The molecule has 120 valence electrons. The number of hydrogen-bond donors (Lipinski definition) is 0. The predicted octanol–water partition coefficient (Wildman–Crippen LogP) is 2.80. The van der Waals surface area contributed by atoms with Gasteiger partial charge in [0.1, 0.15) is 5.82 Å². The van der Waals surface area contributed by atoms with Crippen LogP contribution >= 0.6 is 11.6 Å². The van der Waals surface area contributed by atoms with Crippen LogP contribution in [0.25, 0.3) is 0 Å². The van der Waals surface area contributed by atoms with Crippen molar-refractivity contribution < 1.29 is 0 Å². The van der Waals surface area contributed by atoms with Gasteiger partial charge in [0.2, 0.25) is 0 Å². The summed E-state index contributed by atoms with van der Waals surface area (Å²) in [7, 11) is 4.07. The van der Waals surface area contributed by atoms with Gasteiger partial charge in [0.05, 0.1) is 22.1 Å². The third-order valence-electron chi connectivity index (χ3n) is 4.59. The number of nitrogens with zero attached hydrogens (tertiary/aromatic N) is 5. The topological polar surface area (TPSA) is 38.9 Å². The van der Waals surface area contributed by atoms with Crippen molar-refractivity contribution in [3.05, 3.63) is 33.6 Å². The first kappa shape index (κ1) is 15.6. The third kappa shape index (κ3) is 2.57. The molecule has 3 heterocycles. The summed E-state index contributed by atoms with van der Waals surface area (Å²) in [5, 5.41) is 5.32. The van der Waals surface area contributed by atoms with Crippen LogP contribution in [0.15, 0.2) is 0 Å². The lowest BCUT2D eigenvalue weighted by Gasteiger charge is -2.25.